The first-order chi connectivity index (χ1) is 18.0. The van der Waals surface area contributed by atoms with Crippen LogP contribution in [0.4, 0.5) is 23.3 Å². The maximum Gasteiger partial charge on any atom is 0.235 e. The summed E-state index contributed by atoms with van der Waals surface area (Å²) in [4.78, 5) is 23.8. The molecule has 1 amide bonds. The van der Waals surface area contributed by atoms with Crippen molar-refractivity contribution < 1.29 is 19.4 Å². The number of hydrogen-bond acceptors (Lipinski definition) is 9. The lowest BCUT2D eigenvalue weighted by Gasteiger charge is -2.35. The highest BCUT2D eigenvalue weighted by atomic mass is 16.5. The molecule has 0 bridgehead atoms. The van der Waals surface area contributed by atoms with E-state index in [9.17, 15) is 9.90 Å². The number of nitrogens with one attached hydrogen (secondary N) is 3. The Labute approximate surface area is 211 Å². The van der Waals surface area contributed by atoms with E-state index in [1.807, 2.05) is 29.2 Å². The largest absolute Gasteiger partial charge is 0.497 e. The standard InChI is InChI=1S/C26H25N7O4/c1-36-15-4-6-19-17(8-15)26(24(35)28-19)9-18(26)13-3-5-16-20(7-13)31-32-22(16)29-23-21(37-2)10-27-25(30-23)33-11-14(34)12-33/h3-8,10,14,18,34H,9,11-12H2,1-2H3,(H,28,35)(H2,27,29,30,31,32)/t18-,26-/m0/s1. The van der Waals surface area contributed by atoms with Gasteiger partial charge in [-0.3, -0.25) is 9.89 Å². The van der Waals surface area contributed by atoms with Gasteiger partial charge < -0.3 is 30.1 Å². The van der Waals surface area contributed by atoms with Gasteiger partial charge in [0.1, 0.15) is 5.75 Å². The van der Waals surface area contributed by atoms with Gasteiger partial charge in [-0.15, -0.1) is 0 Å². The molecule has 11 heteroatoms. The number of methoxy groups -OCH3 is 2. The molecule has 37 heavy (non-hydrogen) atoms. The number of H-pyrrole nitrogens is 1. The monoisotopic (exact) mass is 499 g/mol. The van der Waals surface area contributed by atoms with E-state index in [2.05, 4.69) is 42.9 Å². The Kier molecular flexibility index (Phi) is 4.61. The highest BCUT2D eigenvalue weighted by Gasteiger charge is 2.65. The van der Waals surface area contributed by atoms with Gasteiger partial charge in [0.15, 0.2) is 17.4 Å². The Hall–Kier alpha value is -4.38. The summed E-state index contributed by atoms with van der Waals surface area (Å²) >= 11 is 0. The smallest absolute Gasteiger partial charge is 0.235 e. The summed E-state index contributed by atoms with van der Waals surface area (Å²) < 4.78 is 10.8. The highest BCUT2D eigenvalue weighted by Crippen LogP contribution is 2.65. The minimum Gasteiger partial charge on any atom is -0.497 e. The van der Waals surface area contributed by atoms with Crippen molar-refractivity contribution in [1.82, 2.24) is 20.2 Å². The number of ether oxygens (including phenoxy) is 2. The third-order valence-electron chi connectivity index (χ3n) is 7.66. The molecule has 1 spiro atoms. The summed E-state index contributed by atoms with van der Waals surface area (Å²) in [6.45, 7) is 0.996. The van der Waals surface area contributed by atoms with Crippen LogP contribution in [0.3, 0.4) is 0 Å². The van der Waals surface area contributed by atoms with Gasteiger partial charge in [-0.1, -0.05) is 6.07 Å². The molecule has 2 aliphatic heterocycles. The third kappa shape index (κ3) is 3.23. The van der Waals surface area contributed by atoms with Crippen LogP contribution in [-0.2, 0) is 10.2 Å². The normalized spacial score (nSPS) is 22.1. The number of benzene rings is 2. The van der Waals surface area contributed by atoms with Gasteiger partial charge in [-0.05, 0) is 47.9 Å². The van der Waals surface area contributed by atoms with E-state index < -0.39 is 5.41 Å². The number of rotatable bonds is 6. The summed E-state index contributed by atoms with van der Waals surface area (Å²) in [6, 6.07) is 11.9. The number of aliphatic hydroxyl groups is 1. The van der Waals surface area contributed by atoms with Gasteiger partial charge >= 0.3 is 0 Å². The van der Waals surface area contributed by atoms with Crippen molar-refractivity contribution in [3.63, 3.8) is 0 Å². The van der Waals surface area contributed by atoms with Crippen molar-refractivity contribution in [2.75, 3.05) is 42.8 Å². The number of anilines is 4. The Bertz CT molecular complexity index is 1560. The molecule has 0 radical (unpaired) electrons. The van der Waals surface area contributed by atoms with Crippen LogP contribution in [-0.4, -0.2) is 64.6 Å². The zero-order valence-electron chi connectivity index (χ0n) is 20.3. The molecule has 2 aromatic carbocycles. The van der Waals surface area contributed by atoms with E-state index in [-0.39, 0.29) is 17.9 Å². The number of carbonyl (C=O) groups is 1. The second-order valence-electron chi connectivity index (χ2n) is 9.74. The Morgan fingerprint density at radius 2 is 2.00 bits per heavy atom. The molecule has 3 aliphatic rings. The number of aromatic amines is 1. The number of fused-ring (bicyclic) bond motifs is 3. The number of aliphatic hydroxyl groups excluding tert-OH is 1. The average Bonchev–Trinajstić information content (AvgIpc) is 3.45. The van der Waals surface area contributed by atoms with Gasteiger partial charge in [0.2, 0.25) is 11.9 Å². The van der Waals surface area contributed by atoms with Crippen LogP contribution < -0.4 is 25.0 Å². The van der Waals surface area contributed by atoms with E-state index in [0.29, 0.717) is 36.4 Å². The number of amides is 1. The first-order valence-corrected chi connectivity index (χ1v) is 12.1. The fourth-order valence-electron chi connectivity index (χ4n) is 5.53. The van der Waals surface area contributed by atoms with E-state index in [1.54, 1.807) is 20.4 Å². The number of nitrogens with zero attached hydrogens (tertiary/aromatic N) is 4. The Morgan fingerprint density at radius 1 is 1.14 bits per heavy atom. The fourth-order valence-corrected chi connectivity index (χ4v) is 5.53. The predicted octanol–water partition coefficient (Wildman–Crippen LogP) is 2.67. The summed E-state index contributed by atoms with van der Waals surface area (Å²) in [7, 11) is 3.19. The van der Waals surface area contributed by atoms with Crippen LogP contribution >= 0.6 is 0 Å². The molecular formula is C26H25N7O4. The molecule has 1 saturated carbocycles. The molecule has 11 nitrogen and oxygen atoms in total. The molecule has 2 atom stereocenters. The van der Waals surface area contributed by atoms with Crippen LogP contribution in [0.25, 0.3) is 10.9 Å². The summed E-state index contributed by atoms with van der Waals surface area (Å²) in [6.07, 6.45) is 1.99. The average molecular weight is 500 g/mol. The van der Waals surface area contributed by atoms with Gasteiger partial charge in [0, 0.05) is 30.1 Å². The predicted molar refractivity (Wildman–Crippen MR) is 137 cm³/mol. The molecule has 7 rings (SSSR count). The molecule has 2 fully saturated rings. The van der Waals surface area contributed by atoms with Crippen LogP contribution in [0.5, 0.6) is 11.5 Å². The van der Waals surface area contributed by atoms with Gasteiger partial charge in [-0.2, -0.15) is 10.1 Å². The molecule has 1 saturated heterocycles. The number of aromatic nitrogens is 4. The number of hydrogen-bond donors (Lipinski definition) is 4. The van der Waals surface area contributed by atoms with E-state index >= 15 is 0 Å². The molecule has 0 unspecified atom stereocenters. The van der Waals surface area contributed by atoms with E-state index in [0.717, 1.165) is 39.9 Å². The molecule has 2 aromatic heterocycles. The Balaban J connectivity index is 1.18. The third-order valence-corrected chi connectivity index (χ3v) is 7.66. The second-order valence-corrected chi connectivity index (χ2v) is 9.74. The summed E-state index contributed by atoms with van der Waals surface area (Å²) in [5.74, 6) is 2.94. The molecule has 4 heterocycles. The van der Waals surface area contributed by atoms with Crippen molar-refractivity contribution in [2.24, 2.45) is 0 Å². The van der Waals surface area contributed by atoms with Crippen LogP contribution in [0, 0.1) is 0 Å². The van der Waals surface area contributed by atoms with Gasteiger partial charge in [0.05, 0.1) is 37.5 Å². The van der Waals surface area contributed by atoms with E-state index in [4.69, 9.17) is 9.47 Å². The summed E-state index contributed by atoms with van der Waals surface area (Å²) in [5, 5.41) is 24.4. The topological polar surface area (TPSA) is 138 Å². The minimum atomic E-state index is -0.562. The lowest BCUT2D eigenvalue weighted by atomic mass is 9.91. The second kappa shape index (κ2) is 7.81. The SMILES string of the molecule is COc1ccc2c(c1)[C@]1(C[C@H]1c1ccc3c(Nc4nc(N5CC(O)C5)ncc4OC)n[nH]c3c1)C(=O)N2. The molecule has 188 valence electrons. The van der Waals surface area contributed by atoms with Crippen LogP contribution in [0.15, 0.2) is 42.6 Å². The zero-order chi connectivity index (χ0) is 25.3. The van der Waals surface area contributed by atoms with Crippen molar-refractivity contribution in [3.05, 3.63) is 53.7 Å². The zero-order valence-corrected chi connectivity index (χ0v) is 20.3. The number of β-amino-alcohol motifs (C(OH)–C–C–N with tert-alkyl or cyclic N) is 1. The Morgan fingerprint density at radius 3 is 2.78 bits per heavy atom. The van der Waals surface area contributed by atoms with Crippen LogP contribution in [0.2, 0.25) is 0 Å². The first-order valence-electron chi connectivity index (χ1n) is 12.1. The van der Waals surface area contributed by atoms with Crippen LogP contribution in [0.1, 0.15) is 23.5 Å². The van der Waals surface area contributed by atoms with Crippen molar-refractivity contribution in [2.45, 2.75) is 23.9 Å². The lowest BCUT2D eigenvalue weighted by molar-refractivity contribution is -0.118. The highest BCUT2D eigenvalue weighted by molar-refractivity contribution is 6.10. The summed E-state index contributed by atoms with van der Waals surface area (Å²) in [5.41, 5.74) is 3.22. The fraction of sp³-hybridized carbons (Fsp3) is 0.308. The quantitative estimate of drug-likeness (QED) is 0.315. The van der Waals surface area contributed by atoms with Crippen molar-refractivity contribution >= 4 is 40.1 Å². The number of carbonyl (C=O) groups excluding carboxylic acids is 1. The maximum atomic E-state index is 13.0. The molecule has 4 aromatic rings. The van der Waals surface area contributed by atoms with Crippen molar-refractivity contribution in [1.29, 1.82) is 0 Å². The molecule has 1 aliphatic carbocycles. The van der Waals surface area contributed by atoms with E-state index in [1.165, 1.54) is 0 Å². The van der Waals surface area contributed by atoms with Crippen molar-refractivity contribution in [3.8, 4) is 11.5 Å². The minimum absolute atomic E-state index is 0.0363. The van der Waals surface area contributed by atoms with Gasteiger partial charge in [0.25, 0.3) is 0 Å². The molecule has 4 N–H and O–H groups in total. The first kappa shape index (κ1) is 21.9. The maximum absolute atomic E-state index is 13.0. The lowest BCUT2D eigenvalue weighted by Crippen LogP contribution is -2.51. The molecular weight excluding hydrogens is 474 g/mol. The van der Waals surface area contributed by atoms with Gasteiger partial charge in [-0.25, -0.2) is 4.98 Å².